The minimum atomic E-state index is -0.0727. The molecule has 0 aliphatic rings. The van der Waals surface area contributed by atoms with Crippen LogP contribution in [0.3, 0.4) is 0 Å². The Bertz CT molecular complexity index is 803. The summed E-state index contributed by atoms with van der Waals surface area (Å²) in [6, 6.07) is 7.48. The molecule has 3 N–H and O–H groups in total. The highest BCUT2D eigenvalue weighted by molar-refractivity contribution is 5.95. The van der Waals surface area contributed by atoms with Crippen LogP contribution >= 0.6 is 0 Å². The average molecular weight is 298 g/mol. The molecule has 0 radical (unpaired) electrons. The van der Waals surface area contributed by atoms with E-state index in [-0.39, 0.29) is 5.91 Å². The van der Waals surface area contributed by atoms with Gasteiger partial charge < -0.3 is 20.0 Å². The van der Waals surface area contributed by atoms with Gasteiger partial charge in [0, 0.05) is 30.9 Å². The van der Waals surface area contributed by atoms with Crippen LogP contribution in [0.1, 0.15) is 21.9 Å². The van der Waals surface area contributed by atoms with Crippen LogP contribution in [0.5, 0.6) is 5.75 Å². The molecule has 0 unspecified atom stereocenters. The minimum absolute atomic E-state index is 0.0727. The fraction of sp³-hybridized carbons (Fsp3) is 0.250. The third-order valence-corrected chi connectivity index (χ3v) is 3.58. The Hall–Kier alpha value is -2.76. The average Bonchev–Trinajstić information content (AvgIpc) is 3.11. The molecule has 1 amide bonds. The molecule has 0 atom stereocenters. The molecule has 0 bridgehead atoms. The van der Waals surface area contributed by atoms with E-state index in [2.05, 4.69) is 20.3 Å². The second-order valence-corrected chi connectivity index (χ2v) is 5.09. The number of H-pyrrole nitrogens is 2. The molecule has 0 aliphatic carbocycles. The number of nitrogens with zero attached hydrogens (tertiary/aromatic N) is 1. The molecule has 114 valence electrons. The number of nitrogens with one attached hydrogen (secondary N) is 3. The number of rotatable bonds is 5. The summed E-state index contributed by atoms with van der Waals surface area (Å²) >= 11 is 0. The number of aryl methyl sites for hydroxylation is 1. The van der Waals surface area contributed by atoms with E-state index in [1.165, 1.54) is 0 Å². The van der Waals surface area contributed by atoms with Crippen molar-refractivity contribution in [1.82, 2.24) is 20.3 Å². The molecule has 3 rings (SSSR count). The maximum atomic E-state index is 12.0. The number of carbonyl (C=O) groups excluding carboxylic acids is 1. The largest absolute Gasteiger partial charge is 0.497 e. The SMILES string of the molecule is COc1ccc2nc(CCNC(=O)c3cc[nH]c3C)[nH]c2c1. The molecule has 2 heterocycles. The lowest BCUT2D eigenvalue weighted by molar-refractivity contribution is 0.0953. The van der Waals surface area contributed by atoms with Crippen LogP contribution in [0.15, 0.2) is 30.5 Å². The number of fused-ring (bicyclic) bond motifs is 1. The summed E-state index contributed by atoms with van der Waals surface area (Å²) < 4.78 is 5.19. The molecule has 6 nitrogen and oxygen atoms in total. The van der Waals surface area contributed by atoms with Gasteiger partial charge in [0.25, 0.3) is 5.91 Å². The van der Waals surface area contributed by atoms with E-state index >= 15 is 0 Å². The third kappa shape index (κ3) is 2.81. The minimum Gasteiger partial charge on any atom is -0.497 e. The summed E-state index contributed by atoms with van der Waals surface area (Å²) in [5, 5.41) is 2.90. The molecule has 0 saturated heterocycles. The van der Waals surface area contributed by atoms with Crippen molar-refractivity contribution in [3.05, 3.63) is 47.5 Å². The van der Waals surface area contributed by atoms with E-state index < -0.39 is 0 Å². The number of methoxy groups -OCH3 is 1. The van der Waals surface area contributed by atoms with Gasteiger partial charge in [-0.15, -0.1) is 0 Å². The van der Waals surface area contributed by atoms with Crippen LogP contribution in [0.4, 0.5) is 0 Å². The predicted molar refractivity (Wildman–Crippen MR) is 84.2 cm³/mol. The Morgan fingerprint density at radius 3 is 2.95 bits per heavy atom. The van der Waals surface area contributed by atoms with Gasteiger partial charge >= 0.3 is 0 Å². The van der Waals surface area contributed by atoms with E-state index in [4.69, 9.17) is 4.74 Å². The Labute approximate surface area is 127 Å². The Morgan fingerprint density at radius 2 is 2.23 bits per heavy atom. The zero-order chi connectivity index (χ0) is 15.5. The molecule has 2 aromatic heterocycles. The number of imidazole rings is 1. The molecule has 1 aromatic carbocycles. The summed E-state index contributed by atoms with van der Waals surface area (Å²) in [5.74, 6) is 1.56. The standard InChI is InChI=1S/C16H18N4O2/c1-10-12(5-7-17-10)16(21)18-8-6-15-19-13-4-3-11(22-2)9-14(13)20-15/h3-5,7,9,17H,6,8H2,1-2H3,(H,18,21)(H,19,20). The van der Waals surface area contributed by atoms with Crippen LogP contribution in [0.25, 0.3) is 11.0 Å². The number of hydrogen-bond acceptors (Lipinski definition) is 3. The lowest BCUT2D eigenvalue weighted by Crippen LogP contribution is -2.26. The Balaban J connectivity index is 1.62. The monoisotopic (exact) mass is 298 g/mol. The fourth-order valence-corrected chi connectivity index (χ4v) is 2.38. The molecule has 0 aliphatic heterocycles. The predicted octanol–water partition coefficient (Wildman–Crippen LogP) is 2.18. The number of aromatic amines is 2. The topological polar surface area (TPSA) is 82.8 Å². The summed E-state index contributed by atoms with van der Waals surface area (Å²) in [5.41, 5.74) is 3.37. The number of hydrogen-bond donors (Lipinski definition) is 3. The smallest absolute Gasteiger partial charge is 0.253 e. The van der Waals surface area contributed by atoms with Gasteiger partial charge in [-0.25, -0.2) is 4.98 Å². The second kappa shape index (κ2) is 5.93. The van der Waals surface area contributed by atoms with Crippen LogP contribution in [0, 0.1) is 6.92 Å². The highest BCUT2D eigenvalue weighted by Gasteiger charge is 2.09. The lowest BCUT2D eigenvalue weighted by Gasteiger charge is -2.03. The fourth-order valence-electron chi connectivity index (χ4n) is 2.38. The van der Waals surface area contributed by atoms with Crippen molar-refractivity contribution in [3.63, 3.8) is 0 Å². The van der Waals surface area contributed by atoms with Gasteiger partial charge in [-0.2, -0.15) is 0 Å². The van der Waals surface area contributed by atoms with E-state index in [1.807, 2.05) is 25.1 Å². The van der Waals surface area contributed by atoms with Gasteiger partial charge in [-0.05, 0) is 25.1 Å². The summed E-state index contributed by atoms with van der Waals surface area (Å²) in [6.07, 6.45) is 2.41. The molecule has 22 heavy (non-hydrogen) atoms. The Morgan fingerprint density at radius 1 is 1.36 bits per heavy atom. The van der Waals surface area contributed by atoms with Gasteiger partial charge in [-0.1, -0.05) is 0 Å². The second-order valence-electron chi connectivity index (χ2n) is 5.09. The quantitative estimate of drug-likeness (QED) is 0.675. The van der Waals surface area contributed by atoms with Gasteiger partial charge in [0.1, 0.15) is 11.6 Å². The third-order valence-electron chi connectivity index (χ3n) is 3.58. The lowest BCUT2D eigenvalue weighted by atomic mass is 10.2. The Kier molecular flexibility index (Phi) is 3.82. The molecular formula is C16H18N4O2. The molecule has 0 saturated carbocycles. The summed E-state index contributed by atoms with van der Waals surface area (Å²) in [6.45, 7) is 2.40. The first-order valence-electron chi connectivity index (χ1n) is 7.12. The molecule has 3 aromatic rings. The summed E-state index contributed by atoms with van der Waals surface area (Å²) in [4.78, 5) is 22.7. The molecular weight excluding hydrogens is 280 g/mol. The van der Waals surface area contributed by atoms with E-state index in [0.717, 1.165) is 28.3 Å². The number of benzene rings is 1. The van der Waals surface area contributed by atoms with Gasteiger partial charge in [0.05, 0.1) is 23.7 Å². The molecule has 0 spiro atoms. The van der Waals surface area contributed by atoms with E-state index in [1.54, 1.807) is 19.4 Å². The van der Waals surface area contributed by atoms with Crippen molar-refractivity contribution in [3.8, 4) is 5.75 Å². The molecule has 6 heteroatoms. The van der Waals surface area contributed by atoms with Crippen molar-refractivity contribution in [1.29, 1.82) is 0 Å². The first-order chi connectivity index (χ1) is 10.7. The first kappa shape index (κ1) is 14.2. The van der Waals surface area contributed by atoms with Crippen LogP contribution < -0.4 is 10.1 Å². The number of aromatic nitrogens is 3. The normalized spacial score (nSPS) is 10.8. The van der Waals surface area contributed by atoms with Crippen LogP contribution in [0.2, 0.25) is 0 Å². The highest BCUT2D eigenvalue weighted by atomic mass is 16.5. The van der Waals surface area contributed by atoms with Crippen molar-refractivity contribution < 1.29 is 9.53 Å². The maximum Gasteiger partial charge on any atom is 0.253 e. The van der Waals surface area contributed by atoms with Gasteiger partial charge in [0.2, 0.25) is 0 Å². The van der Waals surface area contributed by atoms with Gasteiger partial charge in [0.15, 0.2) is 0 Å². The van der Waals surface area contributed by atoms with Crippen LogP contribution in [-0.4, -0.2) is 34.5 Å². The van der Waals surface area contributed by atoms with Crippen molar-refractivity contribution in [2.75, 3.05) is 13.7 Å². The van der Waals surface area contributed by atoms with Crippen molar-refractivity contribution in [2.24, 2.45) is 0 Å². The van der Waals surface area contributed by atoms with Crippen molar-refractivity contribution in [2.45, 2.75) is 13.3 Å². The summed E-state index contributed by atoms with van der Waals surface area (Å²) in [7, 11) is 1.64. The highest BCUT2D eigenvalue weighted by Crippen LogP contribution is 2.18. The van der Waals surface area contributed by atoms with E-state index in [0.29, 0.717) is 18.5 Å². The van der Waals surface area contributed by atoms with E-state index in [9.17, 15) is 4.79 Å². The number of carbonyl (C=O) groups is 1. The van der Waals surface area contributed by atoms with Crippen LogP contribution in [-0.2, 0) is 6.42 Å². The number of amides is 1. The zero-order valence-electron chi connectivity index (χ0n) is 12.6. The first-order valence-corrected chi connectivity index (χ1v) is 7.12. The number of ether oxygens (including phenoxy) is 1. The van der Waals surface area contributed by atoms with Crippen molar-refractivity contribution >= 4 is 16.9 Å². The zero-order valence-corrected chi connectivity index (χ0v) is 12.6. The maximum absolute atomic E-state index is 12.0. The molecule has 0 fully saturated rings. The van der Waals surface area contributed by atoms with Gasteiger partial charge in [-0.3, -0.25) is 4.79 Å².